The van der Waals surface area contributed by atoms with Crippen LogP contribution < -0.4 is 4.74 Å². The van der Waals surface area contributed by atoms with E-state index < -0.39 is 28.1 Å². The van der Waals surface area contributed by atoms with Crippen LogP contribution in [0.3, 0.4) is 0 Å². The van der Waals surface area contributed by atoms with Crippen LogP contribution in [-0.4, -0.2) is 11.5 Å². The highest BCUT2D eigenvalue weighted by Gasteiger charge is 2.36. The van der Waals surface area contributed by atoms with Gasteiger partial charge in [0.2, 0.25) is 0 Å². The molecule has 1 aromatic carbocycles. The van der Waals surface area contributed by atoms with Gasteiger partial charge in [-0.3, -0.25) is 10.1 Å². The van der Waals surface area contributed by atoms with Gasteiger partial charge in [-0.05, 0) is 6.07 Å². The Balaban J connectivity index is 3.17. The Morgan fingerprint density at radius 3 is 2.56 bits per heavy atom. The highest BCUT2D eigenvalue weighted by molar-refractivity contribution is 6.29. The van der Waals surface area contributed by atoms with Crippen molar-refractivity contribution in [3.63, 3.8) is 0 Å². The number of non-ortho nitro benzene ring substituents is 1. The maximum atomic E-state index is 12.7. The SMILES string of the molecule is C=C(Cl)COc1ccc([N+](=O)[O-])cc1C(F)(F)F. The third kappa shape index (κ3) is 3.63. The van der Waals surface area contributed by atoms with E-state index in [0.717, 1.165) is 12.1 Å². The molecular formula is C10H7ClF3NO3. The summed E-state index contributed by atoms with van der Waals surface area (Å²) in [6, 6.07) is 2.20. The van der Waals surface area contributed by atoms with Crippen LogP contribution in [0.5, 0.6) is 5.75 Å². The Labute approximate surface area is 105 Å². The number of hydrogen-bond acceptors (Lipinski definition) is 3. The smallest absolute Gasteiger partial charge is 0.420 e. The normalized spacial score (nSPS) is 11.1. The van der Waals surface area contributed by atoms with E-state index in [2.05, 4.69) is 6.58 Å². The molecule has 1 aromatic rings. The topological polar surface area (TPSA) is 52.4 Å². The first kappa shape index (κ1) is 14.3. The quantitative estimate of drug-likeness (QED) is 0.624. The first-order valence-corrected chi connectivity index (χ1v) is 4.91. The summed E-state index contributed by atoms with van der Waals surface area (Å²) in [4.78, 5) is 9.50. The van der Waals surface area contributed by atoms with Crippen molar-refractivity contribution in [3.05, 3.63) is 45.5 Å². The molecule has 0 saturated carbocycles. The molecule has 0 unspecified atom stereocenters. The fourth-order valence-electron chi connectivity index (χ4n) is 1.13. The number of nitro groups is 1. The van der Waals surface area contributed by atoms with Crippen LogP contribution in [0.15, 0.2) is 29.8 Å². The first-order valence-electron chi connectivity index (χ1n) is 4.53. The number of ether oxygens (including phenoxy) is 1. The van der Waals surface area contributed by atoms with E-state index in [-0.39, 0.29) is 11.6 Å². The molecular weight excluding hydrogens is 275 g/mol. The van der Waals surface area contributed by atoms with Gasteiger partial charge < -0.3 is 4.74 Å². The molecule has 0 atom stereocenters. The maximum Gasteiger partial charge on any atom is 0.420 e. The van der Waals surface area contributed by atoms with Crippen LogP contribution in [-0.2, 0) is 6.18 Å². The Hall–Kier alpha value is -1.76. The van der Waals surface area contributed by atoms with Crippen molar-refractivity contribution in [3.8, 4) is 5.75 Å². The molecule has 0 bridgehead atoms. The highest BCUT2D eigenvalue weighted by Crippen LogP contribution is 2.38. The first-order chi connectivity index (χ1) is 8.21. The van der Waals surface area contributed by atoms with Crippen molar-refractivity contribution in [2.24, 2.45) is 0 Å². The number of rotatable bonds is 4. The molecule has 8 heteroatoms. The standard InChI is InChI=1S/C10H7ClF3NO3/c1-6(11)5-18-9-3-2-7(15(16)17)4-8(9)10(12,13)14/h2-4H,1,5H2. The van der Waals surface area contributed by atoms with Crippen LogP contribution in [0.25, 0.3) is 0 Å². The number of hydrogen-bond donors (Lipinski definition) is 0. The van der Waals surface area contributed by atoms with Gasteiger partial charge in [0.05, 0.1) is 4.92 Å². The monoisotopic (exact) mass is 281 g/mol. The Morgan fingerprint density at radius 2 is 2.11 bits per heavy atom. The van der Waals surface area contributed by atoms with Crippen molar-refractivity contribution in [1.29, 1.82) is 0 Å². The maximum absolute atomic E-state index is 12.7. The van der Waals surface area contributed by atoms with Crippen LogP contribution in [0, 0.1) is 10.1 Å². The molecule has 0 N–H and O–H groups in total. The molecule has 0 aliphatic heterocycles. The molecule has 0 aliphatic rings. The minimum absolute atomic E-state index is 0.0153. The molecule has 98 valence electrons. The molecule has 0 radical (unpaired) electrons. The summed E-state index contributed by atoms with van der Waals surface area (Å²) in [7, 11) is 0. The lowest BCUT2D eigenvalue weighted by Gasteiger charge is -2.13. The molecule has 0 spiro atoms. The van der Waals surface area contributed by atoms with Crippen molar-refractivity contribution in [1.82, 2.24) is 0 Å². The van der Waals surface area contributed by atoms with Crippen LogP contribution in [0.2, 0.25) is 0 Å². The van der Waals surface area contributed by atoms with E-state index in [1.807, 2.05) is 0 Å². The zero-order valence-corrected chi connectivity index (χ0v) is 9.59. The Bertz CT molecular complexity index is 488. The zero-order valence-electron chi connectivity index (χ0n) is 8.83. The summed E-state index contributed by atoms with van der Waals surface area (Å²) < 4.78 is 42.8. The molecule has 0 fully saturated rings. The van der Waals surface area contributed by atoms with Gasteiger partial charge >= 0.3 is 6.18 Å². The van der Waals surface area contributed by atoms with E-state index >= 15 is 0 Å². The summed E-state index contributed by atoms with van der Waals surface area (Å²) in [5, 5.41) is 10.4. The van der Waals surface area contributed by atoms with Crippen molar-refractivity contribution in [2.45, 2.75) is 6.18 Å². The average Bonchev–Trinajstić information content (AvgIpc) is 2.24. The van der Waals surface area contributed by atoms with Gasteiger partial charge in [0.15, 0.2) is 0 Å². The third-order valence-electron chi connectivity index (χ3n) is 1.86. The van der Waals surface area contributed by atoms with Crippen LogP contribution >= 0.6 is 11.6 Å². The average molecular weight is 282 g/mol. The number of benzene rings is 1. The van der Waals surface area contributed by atoms with Crippen molar-refractivity contribution >= 4 is 17.3 Å². The van der Waals surface area contributed by atoms with Crippen molar-refractivity contribution < 1.29 is 22.8 Å². The van der Waals surface area contributed by atoms with E-state index in [0.29, 0.717) is 6.07 Å². The minimum Gasteiger partial charge on any atom is -0.487 e. The molecule has 0 aromatic heterocycles. The van der Waals surface area contributed by atoms with Gasteiger partial charge in [0, 0.05) is 17.2 Å². The third-order valence-corrected chi connectivity index (χ3v) is 1.97. The van der Waals surface area contributed by atoms with Gasteiger partial charge in [-0.1, -0.05) is 18.2 Å². The molecule has 0 saturated heterocycles. The van der Waals surface area contributed by atoms with Crippen LogP contribution in [0.1, 0.15) is 5.56 Å². The van der Waals surface area contributed by atoms with Crippen molar-refractivity contribution in [2.75, 3.05) is 6.61 Å². The van der Waals surface area contributed by atoms with Crippen LogP contribution in [0.4, 0.5) is 18.9 Å². The molecule has 18 heavy (non-hydrogen) atoms. The fourth-order valence-corrected chi connectivity index (χ4v) is 1.19. The summed E-state index contributed by atoms with van der Waals surface area (Å²) in [6.07, 6.45) is -4.75. The van der Waals surface area contributed by atoms with E-state index in [1.165, 1.54) is 0 Å². The van der Waals surface area contributed by atoms with Gasteiger partial charge in [-0.2, -0.15) is 13.2 Å². The number of alkyl halides is 3. The van der Waals surface area contributed by atoms with Gasteiger partial charge in [-0.15, -0.1) is 0 Å². The van der Waals surface area contributed by atoms with E-state index in [4.69, 9.17) is 16.3 Å². The lowest BCUT2D eigenvalue weighted by atomic mass is 10.1. The van der Waals surface area contributed by atoms with Gasteiger partial charge in [-0.25, -0.2) is 0 Å². The Morgan fingerprint density at radius 1 is 1.50 bits per heavy atom. The second-order valence-corrected chi connectivity index (χ2v) is 3.78. The molecule has 0 heterocycles. The zero-order chi connectivity index (χ0) is 13.9. The Kier molecular flexibility index (Phi) is 4.18. The summed E-state index contributed by atoms with van der Waals surface area (Å²) >= 11 is 5.37. The summed E-state index contributed by atoms with van der Waals surface area (Å²) in [6.45, 7) is 2.94. The van der Waals surface area contributed by atoms with Gasteiger partial charge in [0.1, 0.15) is 17.9 Å². The van der Waals surface area contributed by atoms with E-state index in [1.54, 1.807) is 0 Å². The predicted molar refractivity (Wildman–Crippen MR) is 58.6 cm³/mol. The molecule has 4 nitrogen and oxygen atoms in total. The minimum atomic E-state index is -4.75. The predicted octanol–water partition coefficient (Wildman–Crippen LogP) is 3.74. The lowest BCUT2D eigenvalue weighted by Crippen LogP contribution is -2.10. The second-order valence-electron chi connectivity index (χ2n) is 3.24. The van der Waals surface area contributed by atoms with Gasteiger partial charge in [0.25, 0.3) is 5.69 Å². The number of nitro benzene ring substituents is 1. The highest BCUT2D eigenvalue weighted by atomic mass is 35.5. The van der Waals surface area contributed by atoms with E-state index in [9.17, 15) is 23.3 Å². The lowest BCUT2D eigenvalue weighted by molar-refractivity contribution is -0.385. The second kappa shape index (κ2) is 5.26. The largest absolute Gasteiger partial charge is 0.487 e. The number of nitrogens with zero attached hydrogens (tertiary/aromatic N) is 1. The summed E-state index contributed by atoms with van der Waals surface area (Å²) in [5.41, 5.74) is -1.89. The fraction of sp³-hybridized carbons (Fsp3) is 0.200. The number of halogens is 4. The summed E-state index contributed by atoms with van der Waals surface area (Å²) in [5.74, 6) is -0.532. The molecule has 1 rings (SSSR count). The molecule has 0 aliphatic carbocycles. The molecule has 0 amide bonds.